The molecule has 0 bridgehead atoms. The van der Waals surface area contributed by atoms with Gasteiger partial charge in [-0.2, -0.15) is 0 Å². The number of ether oxygens (including phenoxy) is 1. The summed E-state index contributed by atoms with van der Waals surface area (Å²) >= 11 is 1.67. The highest BCUT2D eigenvalue weighted by Gasteiger charge is 2.27. The van der Waals surface area contributed by atoms with Gasteiger partial charge in [0.25, 0.3) is 6.47 Å². The number of aryl methyl sites for hydroxylation is 1. The lowest BCUT2D eigenvalue weighted by Crippen LogP contribution is -2.50. The van der Waals surface area contributed by atoms with Gasteiger partial charge in [-0.3, -0.25) is 9.69 Å². The molecule has 1 unspecified atom stereocenters. The zero-order valence-electron chi connectivity index (χ0n) is 16.6. The van der Waals surface area contributed by atoms with Crippen molar-refractivity contribution in [1.82, 2.24) is 20.1 Å². The predicted molar refractivity (Wildman–Crippen MR) is 109 cm³/mol. The topological polar surface area (TPSA) is 95.0 Å². The molecule has 0 spiro atoms. The van der Waals surface area contributed by atoms with E-state index in [0.29, 0.717) is 12.6 Å². The molecule has 0 radical (unpaired) electrons. The van der Waals surface area contributed by atoms with Crippen LogP contribution in [0.15, 0.2) is 5.51 Å². The molecule has 3 rings (SSSR count). The van der Waals surface area contributed by atoms with Crippen LogP contribution in [0.5, 0.6) is 0 Å². The molecule has 3 heterocycles. The van der Waals surface area contributed by atoms with Gasteiger partial charge in [-0.05, 0) is 32.6 Å². The van der Waals surface area contributed by atoms with Crippen molar-refractivity contribution in [1.29, 1.82) is 0 Å². The number of rotatable bonds is 6. The molecule has 0 aliphatic carbocycles. The van der Waals surface area contributed by atoms with Crippen LogP contribution in [0.25, 0.3) is 0 Å². The summed E-state index contributed by atoms with van der Waals surface area (Å²) in [6.07, 6.45) is 5.43. The molecule has 2 amide bonds. The number of carbonyl (C=O) groups excluding carboxylic acids is 1. The Morgan fingerprint density at radius 1 is 1.39 bits per heavy atom. The molecule has 0 saturated carbocycles. The number of nitrogens with one attached hydrogen (secondary N) is 1. The second-order valence-electron chi connectivity index (χ2n) is 7.03. The molecule has 1 atom stereocenters. The number of carbonyl (C=O) groups is 2. The highest BCUT2D eigenvalue weighted by Crippen LogP contribution is 2.20. The van der Waals surface area contributed by atoms with Crippen molar-refractivity contribution in [2.45, 2.75) is 45.1 Å². The van der Waals surface area contributed by atoms with E-state index in [9.17, 15) is 4.79 Å². The highest BCUT2D eigenvalue weighted by molar-refractivity contribution is 7.09. The summed E-state index contributed by atoms with van der Waals surface area (Å²) in [6.45, 7) is 8.14. The van der Waals surface area contributed by atoms with Crippen molar-refractivity contribution < 1.29 is 19.4 Å². The smallest absolute Gasteiger partial charge is 0.317 e. The van der Waals surface area contributed by atoms with E-state index in [1.165, 1.54) is 11.3 Å². The summed E-state index contributed by atoms with van der Waals surface area (Å²) in [5.74, 6) is 0. The van der Waals surface area contributed by atoms with Crippen molar-refractivity contribution in [3.05, 3.63) is 16.1 Å². The average Bonchev–Trinajstić information content (AvgIpc) is 3.13. The molecule has 2 aliphatic rings. The van der Waals surface area contributed by atoms with Crippen LogP contribution in [0.3, 0.4) is 0 Å². The molecule has 1 aromatic heterocycles. The highest BCUT2D eigenvalue weighted by atomic mass is 32.1. The minimum Gasteiger partial charge on any atom is -0.483 e. The van der Waals surface area contributed by atoms with E-state index in [2.05, 4.69) is 20.1 Å². The Bertz CT molecular complexity index is 592. The largest absolute Gasteiger partial charge is 0.483 e. The number of urea groups is 1. The summed E-state index contributed by atoms with van der Waals surface area (Å²) in [5, 5.41) is 10.0. The van der Waals surface area contributed by atoms with Crippen LogP contribution < -0.4 is 5.32 Å². The molecule has 2 saturated heterocycles. The summed E-state index contributed by atoms with van der Waals surface area (Å²) < 4.78 is 5.41. The Morgan fingerprint density at radius 3 is 2.82 bits per heavy atom. The van der Waals surface area contributed by atoms with Gasteiger partial charge in [0.05, 0.1) is 24.4 Å². The third-order valence-corrected chi connectivity index (χ3v) is 6.24. The van der Waals surface area contributed by atoms with Crippen molar-refractivity contribution in [2.75, 3.05) is 45.9 Å². The van der Waals surface area contributed by atoms with Gasteiger partial charge in [-0.25, -0.2) is 9.78 Å². The molecular weight excluding hydrogens is 380 g/mol. The molecule has 0 aromatic carbocycles. The van der Waals surface area contributed by atoms with Gasteiger partial charge in [-0.1, -0.05) is 0 Å². The fourth-order valence-corrected chi connectivity index (χ4v) is 4.46. The van der Waals surface area contributed by atoms with E-state index in [0.717, 1.165) is 70.8 Å². The van der Waals surface area contributed by atoms with Crippen LogP contribution in [0.4, 0.5) is 4.79 Å². The van der Waals surface area contributed by atoms with Gasteiger partial charge in [0.1, 0.15) is 0 Å². The zero-order valence-corrected chi connectivity index (χ0v) is 17.5. The van der Waals surface area contributed by atoms with Gasteiger partial charge in [0.15, 0.2) is 0 Å². The molecule has 2 aliphatic heterocycles. The van der Waals surface area contributed by atoms with Crippen LogP contribution in [0, 0.1) is 6.92 Å². The number of likely N-dealkylation sites (tertiary alicyclic amines) is 1. The Kier molecular flexibility index (Phi) is 10.2. The summed E-state index contributed by atoms with van der Waals surface area (Å²) in [7, 11) is 0. The SMILES string of the molecule is Cc1ncsc1CCNC(=O)N1CCCCC1CCN1CCOCC1.O=CO. The minimum atomic E-state index is -0.250. The number of aromatic nitrogens is 1. The van der Waals surface area contributed by atoms with Crippen LogP contribution in [0.1, 0.15) is 36.3 Å². The van der Waals surface area contributed by atoms with Gasteiger partial charge in [0, 0.05) is 50.1 Å². The molecule has 1 aromatic rings. The number of carboxylic acid groups (broad SMARTS) is 1. The van der Waals surface area contributed by atoms with E-state index < -0.39 is 0 Å². The lowest BCUT2D eigenvalue weighted by molar-refractivity contribution is -0.122. The third-order valence-electron chi connectivity index (χ3n) is 5.24. The first kappa shape index (κ1) is 22.6. The van der Waals surface area contributed by atoms with Crippen LogP contribution in [0.2, 0.25) is 0 Å². The van der Waals surface area contributed by atoms with Crippen LogP contribution in [-0.2, 0) is 16.0 Å². The number of hydrogen-bond donors (Lipinski definition) is 2. The minimum absolute atomic E-state index is 0.105. The lowest BCUT2D eigenvalue weighted by atomic mass is 9.99. The fraction of sp³-hybridized carbons (Fsp3) is 0.737. The van der Waals surface area contributed by atoms with Crippen molar-refractivity contribution >= 4 is 23.8 Å². The molecule has 8 nitrogen and oxygen atoms in total. The number of thiazole rings is 1. The third kappa shape index (κ3) is 7.37. The Balaban J connectivity index is 0.000000878. The van der Waals surface area contributed by atoms with E-state index in [4.69, 9.17) is 14.6 Å². The van der Waals surface area contributed by atoms with Crippen molar-refractivity contribution in [2.24, 2.45) is 0 Å². The summed E-state index contributed by atoms with van der Waals surface area (Å²) in [4.78, 5) is 31.1. The maximum absolute atomic E-state index is 12.6. The molecule has 2 N–H and O–H groups in total. The Hall–Kier alpha value is -1.71. The number of piperidine rings is 1. The number of nitrogens with zero attached hydrogens (tertiary/aromatic N) is 3. The molecule has 158 valence electrons. The molecule has 2 fully saturated rings. The normalized spacial score (nSPS) is 20.2. The first-order valence-corrected chi connectivity index (χ1v) is 10.8. The van der Waals surface area contributed by atoms with Crippen LogP contribution >= 0.6 is 11.3 Å². The van der Waals surface area contributed by atoms with Gasteiger partial charge >= 0.3 is 6.03 Å². The van der Waals surface area contributed by atoms with Gasteiger partial charge < -0.3 is 20.1 Å². The van der Waals surface area contributed by atoms with E-state index >= 15 is 0 Å². The standard InChI is InChI=1S/C18H30N4O2S.CH2O2/c1-15-17(25-14-20-15)5-7-19-18(23)22-8-3-2-4-16(22)6-9-21-10-12-24-13-11-21;2-1-3/h14,16H,2-13H2,1H3,(H,19,23);1H,(H,2,3). The second-order valence-corrected chi connectivity index (χ2v) is 7.97. The first-order valence-electron chi connectivity index (χ1n) is 9.97. The average molecular weight is 413 g/mol. The van der Waals surface area contributed by atoms with E-state index in [-0.39, 0.29) is 12.5 Å². The van der Waals surface area contributed by atoms with Gasteiger partial charge in [0.2, 0.25) is 0 Å². The first-order chi connectivity index (χ1) is 13.7. The van der Waals surface area contributed by atoms with E-state index in [1.807, 2.05) is 12.4 Å². The zero-order chi connectivity index (χ0) is 20.2. The fourth-order valence-electron chi connectivity index (χ4n) is 3.68. The second kappa shape index (κ2) is 12.7. The molecule has 9 heteroatoms. The Labute approximate surface area is 170 Å². The van der Waals surface area contributed by atoms with Gasteiger partial charge in [-0.15, -0.1) is 11.3 Å². The summed E-state index contributed by atoms with van der Waals surface area (Å²) in [5.41, 5.74) is 2.96. The maximum atomic E-state index is 12.6. The van der Waals surface area contributed by atoms with Crippen LogP contribution in [-0.4, -0.2) is 84.4 Å². The maximum Gasteiger partial charge on any atom is 0.317 e. The Morgan fingerprint density at radius 2 is 2.14 bits per heavy atom. The quantitative estimate of drug-likeness (QED) is 0.694. The molecular formula is C19H32N4O4S. The van der Waals surface area contributed by atoms with E-state index in [1.54, 1.807) is 11.3 Å². The number of hydrogen-bond acceptors (Lipinski definition) is 6. The van der Waals surface area contributed by atoms with Crippen molar-refractivity contribution in [3.63, 3.8) is 0 Å². The lowest BCUT2D eigenvalue weighted by Gasteiger charge is -2.37. The number of morpholine rings is 1. The number of amides is 2. The molecule has 28 heavy (non-hydrogen) atoms. The monoisotopic (exact) mass is 412 g/mol. The predicted octanol–water partition coefficient (Wildman–Crippen LogP) is 1.98. The van der Waals surface area contributed by atoms with Crippen molar-refractivity contribution in [3.8, 4) is 0 Å². The summed E-state index contributed by atoms with van der Waals surface area (Å²) in [6, 6.07) is 0.482.